The summed E-state index contributed by atoms with van der Waals surface area (Å²) in [6.45, 7) is 0. The molecule has 0 spiro atoms. The van der Waals surface area contributed by atoms with E-state index in [1.165, 1.54) is 16.8 Å². The SMILES string of the molecule is O=C(Nc1nncs1)c1c(Cl)cccc1Cl. The molecule has 0 fully saturated rings. The molecule has 4 nitrogen and oxygen atoms in total. The number of carbonyl (C=O) groups excluding carboxylic acids is 1. The smallest absolute Gasteiger partial charge is 0.260 e. The standard InChI is InChI=1S/C9H5Cl2N3OS/c10-5-2-1-3-6(11)7(5)8(15)13-9-14-12-4-16-9/h1-4H,(H,13,14,15). The molecule has 1 aromatic heterocycles. The van der Waals surface area contributed by atoms with Crippen molar-refractivity contribution >= 4 is 45.6 Å². The van der Waals surface area contributed by atoms with Crippen LogP contribution in [0.4, 0.5) is 5.13 Å². The van der Waals surface area contributed by atoms with Gasteiger partial charge in [0.15, 0.2) is 0 Å². The highest BCUT2D eigenvalue weighted by molar-refractivity contribution is 7.13. The van der Waals surface area contributed by atoms with Gasteiger partial charge in [-0.25, -0.2) is 0 Å². The van der Waals surface area contributed by atoms with Crippen molar-refractivity contribution in [3.8, 4) is 0 Å². The average Bonchev–Trinajstić information content (AvgIpc) is 2.70. The van der Waals surface area contributed by atoms with Gasteiger partial charge in [-0.1, -0.05) is 40.6 Å². The molecule has 0 unspecified atom stereocenters. The fraction of sp³-hybridized carbons (Fsp3) is 0. The molecule has 0 aliphatic rings. The highest BCUT2D eigenvalue weighted by Crippen LogP contribution is 2.25. The summed E-state index contributed by atoms with van der Waals surface area (Å²) in [5.74, 6) is -0.396. The maximum absolute atomic E-state index is 11.8. The van der Waals surface area contributed by atoms with Gasteiger partial charge in [0.1, 0.15) is 5.51 Å². The Morgan fingerprint density at radius 1 is 1.31 bits per heavy atom. The molecule has 7 heteroatoms. The lowest BCUT2D eigenvalue weighted by Gasteiger charge is -2.05. The summed E-state index contributed by atoms with van der Waals surface area (Å²) in [7, 11) is 0. The minimum absolute atomic E-state index is 0.237. The summed E-state index contributed by atoms with van der Waals surface area (Å²) in [6.07, 6.45) is 0. The molecule has 0 saturated heterocycles. The van der Waals surface area contributed by atoms with E-state index in [2.05, 4.69) is 15.5 Å². The maximum Gasteiger partial charge on any atom is 0.260 e. The molecule has 1 heterocycles. The molecule has 1 aromatic carbocycles. The number of nitrogens with one attached hydrogen (secondary N) is 1. The van der Waals surface area contributed by atoms with Crippen LogP contribution in [-0.4, -0.2) is 16.1 Å². The zero-order chi connectivity index (χ0) is 11.5. The van der Waals surface area contributed by atoms with Crippen LogP contribution in [0.1, 0.15) is 10.4 Å². The van der Waals surface area contributed by atoms with Gasteiger partial charge in [-0.2, -0.15) is 0 Å². The molecule has 82 valence electrons. The van der Waals surface area contributed by atoms with Crippen LogP contribution in [-0.2, 0) is 0 Å². The topological polar surface area (TPSA) is 54.9 Å². The van der Waals surface area contributed by atoms with Crippen molar-refractivity contribution in [2.75, 3.05) is 5.32 Å². The molecule has 1 N–H and O–H groups in total. The van der Waals surface area contributed by atoms with Crippen molar-refractivity contribution in [1.29, 1.82) is 0 Å². The van der Waals surface area contributed by atoms with Crippen LogP contribution in [0.3, 0.4) is 0 Å². The summed E-state index contributed by atoms with van der Waals surface area (Å²) in [4.78, 5) is 11.8. The molecular weight excluding hydrogens is 269 g/mol. The van der Waals surface area contributed by atoms with Gasteiger partial charge in [-0.05, 0) is 12.1 Å². The van der Waals surface area contributed by atoms with Crippen LogP contribution in [0, 0.1) is 0 Å². The Morgan fingerprint density at radius 2 is 2.00 bits per heavy atom. The van der Waals surface area contributed by atoms with Crippen LogP contribution in [0.15, 0.2) is 23.7 Å². The second-order valence-electron chi connectivity index (χ2n) is 2.79. The number of hydrogen-bond donors (Lipinski definition) is 1. The highest BCUT2D eigenvalue weighted by atomic mass is 35.5. The fourth-order valence-electron chi connectivity index (χ4n) is 1.10. The molecule has 0 saturated carbocycles. The van der Waals surface area contributed by atoms with Crippen molar-refractivity contribution in [2.24, 2.45) is 0 Å². The van der Waals surface area contributed by atoms with Crippen LogP contribution >= 0.6 is 34.5 Å². The molecule has 0 radical (unpaired) electrons. The number of anilines is 1. The quantitative estimate of drug-likeness (QED) is 0.915. The zero-order valence-corrected chi connectivity index (χ0v) is 10.1. The second kappa shape index (κ2) is 4.78. The van der Waals surface area contributed by atoms with Gasteiger partial charge < -0.3 is 0 Å². The molecule has 2 rings (SSSR count). The lowest BCUT2D eigenvalue weighted by molar-refractivity contribution is 0.102. The van der Waals surface area contributed by atoms with E-state index in [9.17, 15) is 4.79 Å². The number of nitrogens with zero attached hydrogens (tertiary/aromatic N) is 2. The van der Waals surface area contributed by atoms with E-state index in [0.29, 0.717) is 15.2 Å². The van der Waals surface area contributed by atoms with E-state index in [4.69, 9.17) is 23.2 Å². The number of halogens is 2. The van der Waals surface area contributed by atoms with Gasteiger partial charge in [0.2, 0.25) is 5.13 Å². The number of rotatable bonds is 2. The predicted molar refractivity (Wildman–Crippen MR) is 64.3 cm³/mol. The minimum Gasteiger partial charge on any atom is -0.296 e. The van der Waals surface area contributed by atoms with Crippen molar-refractivity contribution in [3.63, 3.8) is 0 Å². The number of hydrogen-bond acceptors (Lipinski definition) is 4. The zero-order valence-electron chi connectivity index (χ0n) is 7.78. The molecule has 16 heavy (non-hydrogen) atoms. The first-order chi connectivity index (χ1) is 7.68. The Bertz CT molecular complexity index is 495. The summed E-state index contributed by atoms with van der Waals surface area (Å²) in [5, 5.41) is 10.9. The Kier molecular flexibility index (Phi) is 3.38. The van der Waals surface area contributed by atoms with E-state index in [0.717, 1.165) is 0 Å². The van der Waals surface area contributed by atoms with Gasteiger partial charge in [0, 0.05) is 0 Å². The van der Waals surface area contributed by atoms with Crippen molar-refractivity contribution in [3.05, 3.63) is 39.3 Å². The van der Waals surface area contributed by atoms with E-state index in [1.54, 1.807) is 18.2 Å². The normalized spacial score (nSPS) is 10.1. The second-order valence-corrected chi connectivity index (χ2v) is 4.44. The fourth-order valence-corrected chi connectivity index (χ4v) is 2.11. The third-order valence-corrected chi connectivity index (χ3v) is 3.01. The number of aromatic nitrogens is 2. The molecule has 2 aromatic rings. The monoisotopic (exact) mass is 273 g/mol. The number of benzene rings is 1. The number of carbonyl (C=O) groups is 1. The number of amides is 1. The largest absolute Gasteiger partial charge is 0.296 e. The van der Waals surface area contributed by atoms with Crippen molar-refractivity contribution in [1.82, 2.24) is 10.2 Å². The Morgan fingerprint density at radius 3 is 2.56 bits per heavy atom. The lowest BCUT2D eigenvalue weighted by atomic mass is 10.2. The highest BCUT2D eigenvalue weighted by Gasteiger charge is 2.15. The Labute approximate surface area is 105 Å². The van der Waals surface area contributed by atoms with E-state index >= 15 is 0 Å². The molecule has 0 atom stereocenters. The van der Waals surface area contributed by atoms with Crippen LogP contribution in [0.2, 0.25) is 10.0 Å². The first kappa shape index (κ1) is 11.3. The van der Waals surface area contributed by atoms with Gasteiger partial charge in [0.25, 0.3) is 5.91 Å². The van der Waals surface area contributed by atoms with E-state index in [-0.39, 0.29) is 5.56 Å². The van der Waals surface area contributed by atoms with Gasteiger partial charge >= 0.3 is 0 Å². The lowest BCUT2D eigenvalue weighted by Crippen LogP contribution is -2.12. The third-order valence-electron chi connectivity index (χ3n) is 1.77. The van der Waals surface area contributed by atoms with Crippen LogP contribution in [0.5, 0.6) is 0 Å². The van der Waals surface area contributed by atoms with Gasteiger partial charge in [0.05, 0.1) is 15.6 Å². The molecule has 0 aliphatic carbocycles. The summed E-state index contributed by atoms with van der Waals surface area (Å²) in [5.41, 5.74) is 1.75. The Hall–Kier alpha value is -1.17. The van der Waals surface area contributed by atoms with Gasteiger partial charge in [-0.15, -0.1) is 10.2 Å². The van der Waals surface area contributed by atoms with E-state index < -0.39 is 5.91 Å². The summed E-state index contributed by atoms with van der Waals surface area (Å²) < 4.78 is 0. The summed E-state index contributed by atoms with van der Waals surface area (Å²) >= 11 is 13.0. The van der Waals surface area contributed by atoms with E-state index in [1.807, 2.05) is 0 Å². The third kappa shape index (κ3) is 2.32. The van der Waals surface area contributed by atoms with Crippen LogP contribution in [0.25, 0.3) is 0 Å². The Balaban J connectivity index is 2.28. The van der Waals surface area contributed by atoms with Crippen molar-refractivity contribution in [2.45, 2.75) is 0 Å². The minimum atomic E-state index is -0.396. The maximum atomic E-state index is 11.8. The first-order valence-corrected chi connectivity index (χ1v) is 5.83. The predicted octanol–water partition coefficient (Wildman–Crippen LogP) is 3.10. The van der Waals surface area contributed by atoms with Crippen molar-refractivity contribution < 1.29 is 4.79 Å². The average molecular weight is 274 g/mol. The molecular formula is C9H5Cl2N3OS. The first-order valence-electron chi connectivity index (χ1n) is 4.20. The molecule has 1 amide bonds. The van der Waals surface area contributed by atoms with Crippen LogP contribution < -0.4 is 5.32 Å². The summed E-state index contributed by atoms with van der Waals surface area (Å²) in [6, 6.07) is 4.87. The molecule has 0 bridgehead atoms. The van der Waals surface area contributed by atoms with Gasteiger partial charge in [-0.3, -0.25) is 10.1 Å². The molecule has 0 aliphatic heterocycles.